The summed E-state index contributed by atoms with van der Waals surface area (Å²) in [5.74, 6) is -0.898. The SMILES string of the molecule is C=C(C=C1C=C[C@@]2(CC[C@@]3([C@H](CCCO)C(=C(C)C(=O)Cc4cccc5c4[C@@H](NC[C@H](C)O)C(=O)N[C@@H]5N)CC[C@@]3(C)O)[C@@H]2O)C(CO)=C1)CCC=C(C)C. The van der Waals surface area contributed by atoms with E-state index in [4.69, 9.17) is 5.73 Å². The van der Waals surface area contributed by atoms with Crippen LogP contribution in [0.3, 0.4) is 0 Å². The zero-order valence-electron chi connectivity index (χ0n) is 33.3. The highest BCUT2D eigenvalue weighted by Gasteiger charge is 2.68. The maximum absolute atomic E-state index is 14.4. The van der Waals surface area contributed by atoms with Crippen molar-refractivity contribution in [3.8, 4) is 0 Å². The van der Waals surface area contributed by atoms with E-state index < -0.39 is 46.8 Å². The molecular formula is C45H63N3O7. The third-order valence-electron chi connectivity index (χ3n) is 12.9. The molecule has 10 heteroatoms. The number of aliphatic hydroxyl groups is 5. The summed E-state index contributed by atoms with van der Waals surface area (Å²) in [5.41, 5.74) is 10.2. The number of amides is 1. The van der Waals surface area contributed by atoms with Crippen molar-refractivity contribution >= 4 is 11.7 Å². The summed E-state index contributed by atoms with van der Waals surface area (Å²) < 4.78 is 0. The van der Waals surface area contributed by atoms with Crippen LogP contribution in [0.4, 0.5) is 0 Å². The minimum absolute atomic E-state index is 0.00282. The average Bonchev–Trinajstić information content (AvgIpc) is 3.42. The molecule has 5 rings (SSSR count). The first-order chi connectivity index (χ1) is 26.0. The molecule has 2 saturated carbocycles. The van der Waals surface area contributed by atoms with Crippen molar-refractivity contribution in [3.63, 3.8) is 0 Å². The van der Waals surface area contributed by atoms with Gasteiger partial charge in [-0.2, -0.15) is 0 Å². The molecule has 10 nitrogen and oxygen atoms in total. The first kappa shape index (κ1) is 42.7. The number of benzene rings is 1. The molecule has 300 valence electrons. The third kappa shape index (κ3) is 8.33. The number of rotatable bonds is 14. The molecule has 0 unspecified atom stereocenters. The van der Waals surface area contributed by atoms with Gasteiger partial charge in [0.2, 0.25) is 5.91 Å². The van der Waals surface area contributed by atoms with Gasteiger partial charge in [0.15, 0.2) is 5.78 Å². The molecule has 8 atom stereocenters. The van der Waals surface area contributed by atoms with Crippen LogP contribution in [0.2, 0.25) is 0 Å². The normalized spacial score (nSPS) is 32.3. The van der Waals surface area contributed by atoms with Gasteiger partial charge in [0.1, 0.15) is 12.2 Å². The number of carbonyl (C=O) groups excluding carboxylic acids is 2. The van der Waals surface area contributed by atoms with Gasteiger partial charge in [0.25, 0.3) is 0 Å². The smallest absolute Gasteiger partial charge is 0.243 e. The van der Waals surface area contributed by atoms with Crippen molar-refractivity contribution in [3.05, 3.63) is 105 Å². The van der Waals surface area contributed by atoms with Crippen molar-refractivity contribution in [2.24, 2.45) is 22.5 Å². The quantitative estimate of drug-likeness (QED) is 0.0957. The Labute approximate surface area is 326 Å². The van der Waals surface area contributed by atoms with Gasteiger partial charge >= 0.3 is 0 Å². The monoisotopic (exact) mass is 757 g/mol. The molecule has 0 radical (unpaired) electrons. The predicted molar refractivity (Wildman–Crippen MR) is 215 cm³/mol. The number of hydrogen-bond donors (Lipinski definition) is 8. The highest BCUT2D eigenvalue weighted by molar-refractivity contribution is 5.98. The van der Waals surface area contributed by atoms with Crippen LogP contribution in [0.15, 0.2) is 88.6 Å². The van der Waals surface area contributed by atoms with Crippen LogP contribution in [-0.4, -0.2) is 74.8 Å². The number of fused-ring (bicyclic) bond motifs is 1. The van der Waals surface area contributed by atoms with Crippen LogP contribution < -0.4 is 16.4 Å². The molecule has 2 spiro atoms. The molecular weight excluding hydrogens is 695 g/mol. The van der Waals surface area contributed by atoms with Gasteiger partial charge < -0.3 is 36.6 Å². The molecule has 0 bridgehead atoms. The van der Waals surface area contributed by atoms with Gasteiger partial charge in [0.05, 0.1) is 24.4 Å². The Kier molecular flexibility index (Phi) is 13.5. The van der Waals surface area contributed by atoms with Crippen LogP contribution in [-0.2, 0) is 16.0 Å². The van der Waals surface area contributed by atoms with Gasteiger partial charge in [-0.15, -0.1) is 0 Å². The molecule has 1 amide bonds. The number of hydrogen-bond acceptors (Lipinski definition) is 9. The molecule has 55 heavy (non-hydrogen) atoms. The molecule has 0 saturated heterocycles. The number of aliphatic hydroxyl groups excluding tert-OH is 4. The Morgan fingerprint density at radius 2 is 1.93 bits per heavy atom. The molecule has 0 aromatic heterocycles. The van der Waals surface area contributed by atoms with Gasteiger partial charge in [-0.05, 0) is 125 Å². The van der Waals surface area contributed by atoms with Crippen molar-refractivity contribution in [1.82, 2.24) is 10.6 Å². The zero-order valence-corrected chi connectivity index (χ0v) is 33.3. The Morgan fingerprint density at radius 3 is 2.60 bits per heavy atom. The fraction of sp³-hybridized carbons (Fsp3) is 0.556. The summed E-state index contributed by atoms with van der Waals surface area (Å²) in [7, 11) is 0. The van der Waals surface area contributed by atoms with Gasteiger partial charge in [-0.25, -0.2) is 0 Å². The van der Waals surface area contributed by atoms with E-state index >= 15 is 0 Å². The molecule has 9 N–H and O–H groups in total. The number of nitrogens with one attached hydrogen (secondary N) is 2. The molecule has 1 aliphatic heterocycles. The maximum atomic E-state index is 14.4. The number of Topliss-reactive ketones (excluding diaryl/α,β-unsaturated/α-hetero) is 1. The van der Waals surface area contributed by atoms with Crippen LogP contribution in [0.5, 0.6) is 0 Å². The molecule has 1 aromatic rings. The zero-order chi connectivity index (χ0) is 40.3. The van der Waals surface area contributed by atoms with Crippen LogP contribution in [0, 0.1) is 16.7 Å². The summed E-state index contributed by atoms with van der Waals surface area (Å²) in [5, 5.41) is 61.9. The third-order valence-corrected chi connectivity index (χ3v) is 12.9. The number of allylic oxidation sites excluding steroid dienone is 9. The lowest BCUT2D eigenvalue weighted by Crippen LogP contribution is -2.61. The van der Waals surface area contributed by atoms with E-state index in [9.17, 15) is 35.1 Å². The second-order valence-electron chi connectivity index (χ2n) is 16.8. The summed E-state index contributed by atoms with van der Waals surface area (Å²) in [6, 6.07) is 4.69. The van der Waals surface area contributed by atoms with Crippen molar-refractivity contribution < 1.29 is 35.1 Å². The van der Waals surface area contributed by atoms with E-state index in [1.807, 2.05) is 49.4 Å². The van der Waals surface area contributed by atoms with E-state index in [0.29, 0.717) is 66.4 Å². The highest BCUT2D eigenvalue weighted by atomic mass is 16.3. The largest absolute Gasteiger partial charge is 0.396 e. The minimum Gasteiger partial charge on any atom is -0.396 e. The lowest BCUT2D eigenvalue weighted by Gasteiger charge is -2.56. The highest BCUT2D eigenvalue weighted by Crippen LogP contribution is 2.67. The topological polar surface area (TPSA) is 185 Å². The average molecular weight is 758 g/mol. The summed E-state index contributed by atoms with van der Waals surface area (Å²) in [6.45, 7) is 13.4. The second kappa shape index (κ2) is 17.3. The molecule has 1 aromatic carbocycles. The van der Waals surface area contributed by atoms with E-state index in [2.05, 4.69) is 37.1 Å². The Bertz CT molecular complexity index is 1800. The second-order valence-corrected chi connectivity index (χ2v) is 16.8. The summed E-state index contributed by atoms with van der Waals surface area (Å²) in [6.07, 6.45) is 11.9. The number of carbonyl (C=O) groups is 2. The van der Waals surface area contributed by atoms with Gasteiger partial charge in [0, 0.05) is 30.4 Å². The maximum Gasteiger partial charge on any atom is 0.243 e. The minimum atomic E-state index is -1.31. The summed E-state index contributed by atoms with van der Waals surface area (Å²) >= 11 is 0. The van der Waals surface area contributed by atoms with E-state index in [-0.39, 0.29) is 37.9 Å². The van der Waals surface area contributed by atoms with Gasteiger partial charge in [-0.1, -0.05) is 71.9 Å². The number of ketones is 1. The fourth-order valence-corrected chi connectivity index (χ4v) is 9.93. The van der Waals surface area contributed by atoms with E-state index in [0.717, 1.165) is 29.6 Å². The van der Waals surface area contributed by atoms with Gasteiger partial charge in [-0.3, -0.25) is 14.9 Å². The molecule has 2 fully saturated rings. The van der Waals surface area contributed by atoms with Crippen molar-refractivity contribution in [1.29, 1.82) is 0 Å². The first-order valence-electron chi connectivity index (χ1n) is 19.9. The molecule has 3 aliphatic carbocycles. The summed E-state index contributed by atoms with van der Waals surface area (Å²) in [4.78, 5) is 27.6. The van der Waals surface area contributed by atoms with E-state index in [1.165, 1.54) is 5.57 Å². The van der Waals surface area contributed by atoms with Crippen molar-refractivity contribution in [2.45, 2.75) is 122 Å². The predicted octanol–water partition coefficient (Wildman–Crippen LogP) is 4.99. The first-order valence-corrected chi connectivity index (χ1v) is 19.9. The molecule has 4 aliphatic rings. The standard InChI is InChI=1S/C45H63N3O7/c1-27(2)10-7-11-28(3)22-31-15-18-44(33(23-31)26-50)19-20-45(42(44)54)36(14-9-21-49)34(16-17-43(45,6)55)30(5)37(52)24-32-12-8-13-35-38(32)39(47-25-29(4)51)41(53)48-40(35)46/h8,10,12-13,15,18,22-23,29,36,39-40,42,47,49-51,54-55H,3,7,9,11,14,16-17,19-21,24-26,46H2,1-2,4-6H3,(H,48,53)/t29-,36+,39+,40-,42+,43+,44+,45+/m0/s1. The van der Waals surface area contributed by atoms with Crippen LogP contribution in [0.25, 0.3) is 0 Å². The van der Waals surface area contributed by atoms with Crippen LogP contribution >= 0.6 is 0 Å². The number of nitrogens with two attached hydrogens (primary N) is 1. The lowest BCUT2D eigenvalue weighted by atomic mass is 9.51. The van der Waals surface area contributed by atoms with E-state index in [1.54, 1.807) is 13.8 Å². The Balaban J connectivity index is 1.51. The fourth-order valence-electron chi connectivity index (χ4n) is 9.93. The Morgan fingerprint density at radius 1 is 1.18 bits per heavy atom. The molecule has 1 heterocycles. The van der Waals surface area contributed by atoms with Crippen LogP contribution in [0.1, 0.15) is 115 Å². The van der Waals surface area contributed by atoms with Crippen molar-refractivity contribution in [2.75, 3.05) is 19.8 Å². The lowest BCUT2D eigenvalue weighted by molar-refractivity contribution is -0.173. The Hall–Kier alpha value is -3.48.